The molecule has 1 aromatic carbocycles. The number of halogens is 3. The second-order valence-corrected chi connectivity index (χ2v) is 4.84. The molecule has 0 aliphatic carbocycles. The van der Waals surface area contributed by atoms with Crippen LogP contribution >= 0.6 is 0 Å². The Balaban J connectivity index is 2.18. The van der Waals surface area contributed by atoms with E-state index in [-0.39, 0.29) is 17.4 Å². The number of hydrogen-bond donors (Lipinski definition) is 2. The number of anilines is 2. The van der Waals surface area contributed by atoms with E-state index in [4.69, 9.17) is 5.73 Å². The molecule has 3 N–H and O–H groups in total. The van der Waals surface area contributed by atoms with Gasteiger partial charge in [-0.3, -0.25) is 0 Å². The number of methoxy groups -OCH3 is 1. The zero-order valence-electron chi connectivity index (χ0n) is 11.4. The smallest absolute Gasteiger partial charge is 0.418 e. The SMILES string of the molecule is COC(=O)NC1CCN(c2ccc(N)cc2C(F)(F)F)C1. The number of nitrogens with one attached hydrogen (secondary N) is 1. The van der Waals surface area contributed by atoms with Crippen molar-refractivity contribution in [1.29, 1.82) is 0 Å². The van der Waals surface area contributed by atoms with Crippen LogP contribution in [0.1, 0.15) is 12.0 Å². The van der Waals surface area contributed by atoms with E-state index in [1.807, 2.05) is 0 Å². The molecule has 8 heteroatoms. The standard InChI is InChI=1S/C13H16F3N3O2/c1-21-12(20)18-9-4-5-19(7-9)11-3-2-8(17)6-10(11)13(14,15)16/h2-3,6,9H,4-5,7,17H2,1H3,(H,18,20). The molecule has 0 bridgehead atoms. The van der Waals surface area contributed by atoms with Crippen molar-refractivity contribution in [2.24, 2.45) is 0 Å². The maximum atomic E-state index is 13.1. The Labute approximate surface area is 119 Å². The van der Waals surface area contributed by atoms with Gasteiger partial charge in [-0.05, 0) is 24.6 Å². The molecular formula is C13H16F3N3O2. The first-order valence-corrected chi connectivity index (χ1v) is 6.37. The summed E-state index contributed by atoms with van der Waals surface area (Å²) in [4.78, 5) is 12.7. The van der Waals surface area contributed by atoms with Gasteiger partial charge in [0.1, 0.15) is 0 Å². The quantitative estimate of drug-likeness (QED) is 0.822. The molecule has 1 aliphatic rings. The number of alkyl carbamates (subject to hydrolysis) is 1. The van der Waals surface area contributed by atoms with Crippen LogP contribution in [0.3, 0.4) is 0 Å². The second kappa shape index (κ2) is 5.71. The number of alkyl halides is 3. The van der Waals surface area contributed by atoms with E-state index in [0.29, 0.717) is 19.5 Å². The zero-order chi connectivity index (χ0) is 15.6. The Morgan fingerprint density at radius 1 is 1.48 bits per heavy atom. The van der Waals surface area contributed by atoms with Crippen molar-refractivity contribution < 1.29 is 22.7 Å². The van der Waals surface area contributed by atoms with E-state index in [1.54, 1.807) is 4.90 Å². The summed E-state index contributed by atoms with van der Waals surface area (Å²) in [5, 5.41) is 2.59. The van der Waals surface area contributed by atoms with E-state index in [0.717, 1.165) is 6.07 Å². The monoisotopic (exact) mass is 303 g/mol. The Morgan fingerprint density at radius 3 is 2.81 bits per heavy atom. The highest BCUT2D eigenvalue weighted by Gasteiger charge is 2.36. The van der Waals surface area contributed by atoms with Gasteiger partial charge < -0.3 is 20.7 Å². The summed E-state index contributed by atoms with van der Waals surface area (Å²) in [6.45, 7) is 0.712. The summed E-state index contributed by atoms with van der Waals surface area (Å²) in [6, 6.07) is 3.48. The summed E-state index contributed by atoms with van der Waals surface area (Å²) in [7, 11) is 1.24. The largest absolute Gasteiger partial charge is 0.453 e. The zero-order valence-corrected chi connectivity index (χ0v) is 11.4. The molecule has 21 heavy (non-hydrogen) atoms. The van der Waals surface area contributed by atoms with Crippen molar-refractivity contribution >= 4 is 17.5 Å². The molecule has 1 fully saturated rings. The van der Waals surface area contributed by atoms with Crippen molar-refractivity contribution in [2.75, 3.05) is 30.8 Å². The Bertz CT molecular complexity index is 534. The highest BCUT2D eigenvalue weighted by atomic mass is 19.4. The fraction of sp³-hybridized carbons (Fsp3) is 0.462. The highest BCUT2D eigenvalue weighted by molar-refractivity contribution is 5.68. The van der Waals surface area contributed by atoms with Crippen LogP contribution < -0.4 is 16.0 Å². The number of nitrogens with two attached hydrogens (primary N) is 1. The van der Waals surface area contributed by atoms with E-state index in [9.17, 15) is 18.0 Å². The molecule has 1 heterocycles. The summed E-state index contributed by atoms with van der Waals surface area (Å²) < 4.78 is 43.7. The molecule has 116 valence electrons. The number of carbonyl (C=O) groups excluding carboxylic acids is 1. The minimum absolute atomic E-state index is 0.0644. The third kappa shape index (κ3) is 3.50. The molecule has 1 saturated heterocycles. The lowest BCUT2D eigenvalue weighted by Gasteiger charge is -2.23. The van der Waals surface area contributed by atoms with Crippen LogP contribution in [0.4, 0.5) is 29.3 Å². The Morgan fingerprint density at radius 2 is 2.19 bits per heavy atom. The molecule has 0 saturated carbocycles. The second-order valence-electron chi connectivity index (χ2n) is 4.84. The maximum Gasteiger partial charge on any atom is 0.418 e. The summed E-state index contributed by atoms with van der Waals surface area (Å²) in [5.41, 5.74) is 4.82. The fourth-order valence-electron chi connectivity index (χ4n) is 2.38. The highest BCUT2D eigenvalue weighted by Crippen LogP contribution is 2.38. The normalized spacial score (nSPS) is 18.7. The Hall–Kier alpha value is -2.12. The molecule has 1 aliphatic heterocycles. The third-order valence-corrected chi connectivity index (χ3v) is 3.36. The molecule has 0 aromatic heterocycles. The molecular weight excluding hydrogens is 287 g/mol. The van der Waals surface area contributed by atoms with E-state index < -0.39 is 17.8 Å². The lowest BCUT2D eigenvalue weighted by Crippen LogP contribution is -2.37. The summed E-state index contributed by atoms with van der Waals surface area (Å²) in [6.07, 6.45) is -4.51. The number of hydrogen-bond acceptors (Lipinski definition) is 4. The number of amides is 1. The van der Waals surface area contributed by atoms with Gasteiger partial charge in [-0.2, -0.15) is 13.2 Å². The minimum Gasteiger partial charge on any atom is -0.453 e. The van der Waals surface area contributed by atoms with Gasteiger partial charge in [0.15, 0.2) is 0 Å². The molecule has 1 amide bonds. The van der Waals surface area contributed by atoms with Crippen LogP contribution in [0.5, 0.6) is 0 Å². The van der Waals surface area contributed by atoms with Crippen molar-refractivity contribution in [1.82, 2.24) is 5.32 Å². The summed E-state index contributed by atoms with van der Waals surface area (Å²) in [5.74, 6) is 0. The molecule has 0 spiro atoms. The van der Waals surface area contributed by atoms with E-state index >= 15 is 0 Å². The van der Waals surface area contributed by atoms with Crippen molar-refractivity contribution in [3.63, 3.8) is 0 Å². The first-order chi connectivity index (χ1) is 9.81. The van der Waals surface area contributed by atoms with Crippen LogP contribution in [0.25, 0.3) is 0 Å². The van der Waals surface area contributed by atoms with Crippen molar-refractivity contribution in [3.05, 3.63) is 23.8 Å². The topological polar surface area (TPSA) is 67.6 Å². The van der Waals surface area contributed by atoms with Crippen molar-refractivity contribution in [3.8, 4) is 0 Å². The van der Waals surface area contributed by atoms with Crippen LogP contribution in [-0.4, -0.2) is 32.3 Å². The lowest BCUT2D eigenvalue weighted by atomic mass is 10.1. The molecule has 5 nitrogen and oxygen atoms in total. The Kier molecular flexibility index (Phi) is 4.15. The van der Waals surface area contributed by atoms with E-state index in [1.165, 1.54) is 19.2 Å². The van der Waals surface area contributed by atoms with Crippen molar-refractivity contribution in [2.45, 2.75) is 18.6 Å². The average molecular weight is 303 g/mol. The van der Waals surface area contributed by atoms with Gasteiger partial charge in [-0.15, -0.1) is 0 Å². The number of carbonyl (C=O) groups is 1. The number of rotatable bonds is 2. The molecule has 1 aromatic rings. The lowest BCUT2D eigenvalue weighted by molar-refractivity contribution is -0.137. The third-order valence-electron chi connectivity index (χ3n) is 3.36. The predicted molar refractivity (Wildman–Crippen MR) is 72.0 cm³/mol. The average Bonchev–Trinajstić information content (AvgIpc) is 2.85. The molecule has 0 radical (unpaired) electrons. The van der Waals surface area contributed by atoms with Gasteiger partial charge in [-0.25, -0.2) is 4.79 Å². The maximum absolute atomic E-state index is 13.1. The number of nitrogens with zero attached hydrogens (tertiary/aromatic N) is 1. The van der Waals surface area contributed by atoms with Crippen LogP contribution in [0.15, 0.2) is 18.2 Å². The van der Waals surface area contributed by atoms with Gasteiger partial charge in [0.25, 0.3) is 0 Å². The van der Waals surface area contributed by atoms with Crippen LogP contribution in [0, 0.1) is 0 Å². The van der Waals surface area contributed by atoms with Crippen LogP contribution in [-0.2, 0) is 10.9 Å². The molecule has 2 rings (SSSR count). The molecule has 1 atom stereocenters. The predicted octanol–water partition coefficient (Wildman–Crippen LogP) is 2.22. The van der Waals surface area contributed by atoms with Gasteiger partial charge >= 0.3 is 12.3 Å². The van der Waals surface area contributed by atoms with Crippen LogP contribution in [0.2, 0.25) is 0 Å². The van der Waals surface area contributed by atoms with E-state index in [2.05, 4.69) is 10.1 Å². The number of nitrogen functional groups attached to an aromatic ring is 1. The fourth-order valence-corrected chi connectivity index (χ4v) is 2.38. The first kappa shape index (κ1) is 15.3. The van der Waals surface area contributed by atoms with Gasteiger partial charge in [-0.1, -0.05) is 0 Å². The van der Waals surface area contributed by atoms with Gasteiger partial charge in [0, 0.05) is 24.5 Å². The first-order valence-electron chi connectivity index (χ1n) is 6.37. The summed E-state index contributed by atoms with van der Waals surface area (Å²) >= 11 is 0. The molecule has 1 unspecified atom stereocenters. The number of ether oxygens (including phenoxy) is 1. The minimum atomic E-state index is -4.47. The number of benzene rings is 1. The van der Waals surface area contributed by atoms with Gasteiger partial charge in [0.2, 0.25) is 0 Å². The van der Waals surface area contributed by atoms with Gasteiger partial charge in [0.05, 0.1) is 18.7 Å².